The van der Waals surface area contributed by atoms with E-state index in [1.54, 1.807) is 0 Å². The molecule has 0 spiro atoms. The quantitative estimate of drug-likeness (QED) is 0.670. The molecule has 1 aromatic heterocycles. The van der Waals surface area contributed by atoms with Crippen molar-refractivity contribution in [2.24, 2.45) is 11.3 Å². The second-order valence-corrected chi connectivity index (χ2v) is 9.06. The van der Waals surface area contributed by atoms with Gasteiger partial charge in [0.15, 0.2) is 0 Å². The molecule has 2 heterocycles. The summed E-state index contributed by atoms with van der Waals surface area (Å²) in [5.74, 6) is 0.770. The molecule has 0 aromatic carbocycles. The number of thiophene rings is 1. The molecule has 100 valence electrons. The smallest absolute Gasteiger partial charge is 0.264 e. The van der Waals surface area contributed by atoms with Crippen LogP contribution in [0.4, 0.5) is 0 Å². The fraction of sp³-hybridized carbons (Fsp3) is 0.615. The molecule has 5 heteroatoms. The number of halogens is 2. The summed E-state index contributed by atoms with van der Waals surface area (Å²) in [7, 11) is 0. The van der Waals surface area contributed by atoms with E-state index in [2.05, 4.69) is 52.6 Å². The second kappa shape index (κ2) is 5.25. The number of nitrogens with zero attached hydrogens (tertiary/aromatic N) is 1. The van der Waals surface area contributed by atoms with Crippen molar-refractivity contribution in [2.45, 2.75) is 27.2 Å². The van der Waals surface area contributed by atoms with E-state index in [1.807, 2.05) is 11.0 Å². The molecular formula is C13H17Br2NOS. The van der Waals surface area contributed by atoms with Gasteiger partial charge in [-0.25, -0.2) is 0 Å². The lowest BCUT2D eigenvalue weighted by molar-refractivity contribution is 0.0781. The third-order valence-corrected chi connectivity index (χ3v) is 6.80. The highest BCUT2D eigenvalue weighted by Gasteiger charge is 2.34. The zero-order valence-corrected chi connectivity index (χ0v) is 14.8. The number of carbonyl (C=O) groups is 1. The second-order valence-electron chi connectivity index (χ2n) is 5.84. The average molecular weight is 395 g/mol. The van der Waals surface area contributed by atoms with Crippen LogP contribution >= 0.6 is 43.2 Å². The molecule has 1 aromatic rings. The largest absolute Gasteiger partial charge is 0.338 e. The van der Waals surface area contributed by atoms with E-state index < -0.39 is 0 Å². The summed E-state index contributed by atoms with van der Waals surface area (Å²) < 4.78 is 1.94. The van der Waals surface area contributed by atoms with Gasteiger partial charge in [-0.05, 0) is 55.7 Å². The molecule has 1 amide bonds. The summed E-state index contributed by atoms with van der Waals surface area (Å²) in [6.07, 6.45) is 1.11. The van der Waals surface area contributed by atoms with Crippen LogP contribution in [0.15, 0.2) is 14.3 Å². The lowest BCUT2D eigenvalue weighted by Gasteiger charge is -2.26. The molecular weight excluding hydrogens is 378 g/mol. The molecule has 0 radical (unpaired) electrons. The van der Waals surface area contributed by atoms with Crippen molar-refractivity contribution in [3.05, 3.63) is 19.2 Å². The lowest BCUT2D eigenvalue weighted by Crippen LogP contribution is -2.30. The maximum Gasteiger partial charge on any atom is 0.264 e. The number of carbonyl (C=O) groups excluding carboxylic acids is 1. The van der Waals surface area contributed by atoms with Crippen LogP contribution in [-0.4, -0.2) is 23.9 Å². The Balaban J connectivity index is 2.08. The van der Waals surface area contributed by atoms with E-state index in [0.717, 1.165) is 32.6 Å². The maximum atomic E-state index is 12.4. The highest BCUT2D eigenvalue weighted by atomic mass is 79.9. The molecule has 1 atom stereocenters. The minimum atomic E-state index is 0.165. The first kappa shape index (κ1) is 14.5. The normalized spacial score (nSPS) is 20.5. The van der Waals surface area contributed by atoms with Crippen molar-refractivity contribution >= 4 is 49.1 Å². The highest BCUT2D eigenvalue weighted by Crippen LogP contribution is 2.36. The van der Waals surface area contributed by atoms with Crippen molar-refractivity contribution in [3.8, 4) is 0 Å². The molecule has 0 saturated carbocycles. The topological polar surface area (TPSA) is 20.3 Å². The van der Waals surface area contributed by atoms with E-state index in [0.29, 0.717) is 5.92 Å². The van der Waals surface area contributed by atoms with Gasteiger partial charge in [-0.15, -0.1) is 11.3 Å². The maximum absolute atomic E-state index is 12.4. The SMILES string of the molecule is CC(C)(C)C1CCN(C(=O)c2cc(Br)c(Br)s2)C1. The Bertz CT molecular complexity index is 445. The van der Waals surface area contributed by atoms with Crippen LogP contribution < -0.4 is 0 Å². The van der Waals surface area contributed by atoms with Gasteiger partial charge in [-0.2, -0.15) is 0 Å². The van der Waals surface area contributed by atoms with Gasteiger partial charge in [-0.3, -0.25) is 4.79 Å². The van der Waals surface area contributed by atoms with Crippen molar-refractivity contribution < 1.29 is 4.79 Å². The Kier molecular flexibility index (Phi) is 4.24. The fourth-order valence-corrected chi connectivity index (χ4v) is 4.26. The van der Waals surface area contributed by atoms with E-state index in [9.17, 15) is 4.79 Å². The number of hydrogen-bond donors (Lipinski definition) is 0. The molecule has 18 heavy (non-hydrogen) atoms. The van der Waals surface area contributed by atoms with Crippen LogP contribution in [0.25, 0.3) is 0 Å². The molecule has 1 unspecified atom stereocenters. The number of amides is 1. The molecule has 1 aliphatic rings. The average Bonchev–Trinajstić information content (AvgIpc) is 2.85. The number of hydrogen-bond acceptors (Lipinski definition) is 2. The van der Waals surface area contributed by atoms with E-state index in [1.165, 1.54) is 11.3 Å². The first-order chi connectivity index (χ1) is 8.29. The summed E-state index contributed by atoms with van der Waals surface area (Å²) >= 11 is 8.36. The van der Waals surface area contributed by atoms with E-state index in [4.69, 9.17) is 0 Å². The molecule has 0 aliphatic carbocycles. The Morgan fingerprint density at radius 3 is 2.56 bits per heavy atom. The van der Waals surface area contributed by atoms with Gasteiger partial charge in [0.2, 0.25) is 0 Å². The molecule has 0 N–H and O–H groups in total. The van der Waals surface area contributed by atoms with Crippen LogP contribution in [0.3, 0.4) is 0 Å². The van der Waals surface area contributed by atoms with Crippen LogP contribution in [0, 0.1) is 11.3 Å². The van der Waals surface area contributed by atoms with E-state index >= 15 is 0 Å². The third-order valence-electron chi connectivity index (χ3n) is 3.56. The summed E-state index contributed by atoms with van der Waals surface area (Å²) in [4.78, 5) is 15.2. The predicted molar refractivity (Wildman–Crippen MR) is 83.2 cm³/mol. The first-order valence-electron chi connectivity index (χ1n) is 6.03. The first-order valence-corrected chi connectivity index (χ1v) is 8.43. The Morgan fingerprint density at radius 1 is 1.44 bits per heavy atom. The van der Waals surface area contributed by atoms with Crippen LogP contribution in [0.5, 0.6) is 0 Å². The molecule has 1 saturated heterocycles. The van der Waals surface area contributed by atoms with Gasteiger partial charge in [0.05, 0.1) is 8.66 Å². The number of likely N-dealkylation sites (tertiary alicyclic amines) is 1. The molecule has 1 fully saturated rings. The predicted octanol–water partition coefficient (Wildman–Crippen LogP) is 4.78. The van der Waals surface area contributed by atoms with Gasteiger partial charge in [0.1, 0.15) is 0 Å². The van der Waals surface area contributed by atoms with Crippen molar-refractivity contribution in [2.75, 3.05) is 13.1 Å². The summed E-state index contributed by atoms with van der Waals surface area (Å²) in [6, 6.07) is 1.90. The van der Waals surface area contributed by atoms with Gasteiger partial charge in [0.25, 0.3) is 5.91 Å². The van der Waals surface area contributed by atoms with Crippen LogP contribution in [0.1, 0.15) is 36.9 Å². The number of rotatable bonds is 1. The summed E-state index contributed by atoms with van der Waals surface area (Å²) in [6.45, 7) is 8.53. The van der Waals surface area contributed by atoms with Gasteiger partial charge in [0, 0.05) is 17.6 Å². The van der Waals surface area contributed by atoms with Crippen molar-refractivity contribution in [1.82, 2.24) is 4.90 Å². The van der Waals surface area contributed by atoms with E-state index in [-0.39, 0.29) is 11.3 Å². The van der Waals surface area contributed by atoms with Crippen LogP contribution in [-0.2, 0) is 0 Å². The van der Waals surface area contributed by atoms with Gasteiger partial charge in [-0.1, -0.05) is 20.8 Å². The summed E-state index contributed by atoms with van der Waals surface area (Å²) in [5, 5.41) is 0. The monoisotopic (exact) mass is 393 g/mol. The Morgan fingerprint density at radius 2 is 2.11 bits per heavy atom. The fourth-order valence-electron chi connectivity index (χ4n) is 2.26. The van der Waals surface area contributed by atoms with Gasteiger partial charge < -0.3 is 4.90 Å². The third kappa shape index (κ3) is 2.99. The van der Waals surface area contributed by atoms with Crippen molar-refractivity contribution in [1.29, 1.82) is 0 Å². The zero-order valence-electron chi connectivity index (χ0n) is 10.8. The minimum absolute atomic E-state index is 0.165. The lowest BCUT2D eigenvalue weighted by atomic mass is 9.80. The zero-order chi connectivity index (χ0) is 13.5. The summed E-state index contributed by atoms with van der Waals surface area (Å²) in [5.41, 5.74) is 0.283. The van der Waals surface area contributed by atoms with Crippen molar-refractivity contribution in [3.63, 3.8) is 0 Å². The Labute approximate surface area is 129 Å². The standard InChI is InChI=1S/C13H17Br2NOS/c1-13(2,3)8-4-5-16(7-8)12(17)10-6-9(14)11(15)18-10/h6,8H,4-5,7H2,1-3H3. The molecule has 1 aliphatic heterocycles. The Hall–Kier alpha value is 0.130. The molecule has 0 bridgehead atoms. The van der Waals surface area contributed by atoms with Crippen LogP contribution in [0.2, 0.25) is 0 Å². The van der Waals surface area contributed by atoms with Gasteiger partial charge >= 0.3 is 0 Å². The minimum Gasteiger partial charge on any atom is -0.338 e. The highest BCUT2D eigenvalue weighted by molar-refractivity contribution is 9.13. The molecule has 2 nitrogen and oxygen atoms in total. The molecule has 2 rings (SSSR count).